The molecule has 0 aliphatic heterocycles. The molecular formula is C12H20ClNO2S2. The highest BCUT2D eigenvalue weighted by atomic mass is 35.5. The zero-order valence-corrected chi connectivity index (χ0v) is 13.5. The highest BCUT2D eigenvalue weighted by Crippen LogP contribution is 2.24. The summed E-state index contributed by atoms with van der Waals surface area (Å²) in [5.74, 6) is 0. The summed E-state index contributed by atoms with van der Waals surface area (Å²) < 4.78 is 26.8. The number of nitrogens with one attached hydrogen (secondary N) is 1. The van der Waals surface area contributed by atoms with Gasteiger partial charge in [0.2, 0.25) is 10.0 Å². The minimum atomic E-state index is -3.41. The van der Waals surface area contributed by atoms with Crippen LogP contribution in [0, 0.1) is 12.3 Å². The molecule has 0 saturated heterocycles. The Balaban J connectivity index is 2.58. The first kappa shape index (κ1) is 16.0. The smallest absolute Gasteiger partial charge is 0.209 e. The third-order valence-corrected chi connectivity index (χ3v) is 5.53. The number of rotatable bonds is 5. The molecule has 1 N–H and O–H groups in total. The van der Waals surface area contributed by atoms with Crippen LogP contribution in [0.2, 0.25) is 0 Å². The molecule has 0 saturated carbocycles. The van der Waals surface area contributed by atoms with Gasteiger partial charge in [-0.3, -0.25) is 0 Å². The lowest BCUT2D eigenvalue weighted by Gasteiger charge is -2.21. The van der Waals surface area contributed by atoms with Crippen molar-refractivity contribution in [3.05, 3.63) is 17.0 Å². The third-order valence-electron chi connectivity index (χ3n) is 2.31. The van der Waals surface area contributed by atoms with E-state index in [4.69, 9.17) is 11.6 Å². The van der Waals surface area contributed by atoms with Crippen LogP contribution in [0.25, 0.3) is 0 Å². The molecule has 0 aliphatic rings. The van der Waals surface area contributed by atoms with Crippen molar-refractivity contribution < 1.29 is 8.42 Å². The Morgan fingerprint density at radius 2 is 2.00 bits per heavy atom. The Kier molecular flexibility index (Phi) is 5.23. The van der Waals surface area contributed by atoms with Crippen LogP contribution in [0.15, 0.2) is 16.3 Å². The van der Waals surface area contributed by atoms with Gasteiger partial charge in [0, 0.05) is 16.8 Å². The van der Waals surface area contributed by atoms with Crippen LogP contribution in [-0.2, 0) is 10.0 Å². The van der Waals surface area contributed by atoms with Gasteiger partial charge in [-0.15, -0.1) is 22.9 Å². The molecule has 1 aromatic rings. The molecule has 1 aromatic heterocycles. The van der Waals surface area contributed by atoms with E-state index in [-0.39, 0.29) is 17.3 Å². The summed E-state index contributed by atoms with van der Waals surface area (Å²) >= 11 is 7.41. The molecule has 6 heteroatoms. The van der Waals surface area contributed by atoms with Crippen LogP contribution in [0.5, 0.6) is 0 Å². The van der Waals surface area contributed by atoms with E-state index in [1.165, 1.54) is 11.3 Å². The quantitative estimate of drug-likeness (QED) is 0.848. The predicted octanol–water partition coefficient (Wildman–Crippen LogP) is 3.38. The molecular weight excluding hydrogens is 290 g/mol. The molecule has 0 spiro atoms. The van der Waals surface area contributed by atoms with Crippen LogP contribution in [0.3, 0.4) is 0 Å². The van der Waals surface area contributed by atoms with Gasteiger partial charge in [0.15, 0.2) is 0 Å². The molecule has 0 aromatic carbocycles. The van der Waals surface area contributed by atoms with E-state index < -0.39 is 10.0 Å². The fourth-order valence-electron chi connectivity index (χ4n) is 1.56. The van der Waals surface area contributed by atoms with Crippen LogP contribution in [-0.4, -0.2) is 20.3 Å². The Morgan fingerprint density at radius 3 is 2.44 bits per heavy atom. The normalized spacial score (nSPS) is 14.7. The average Bonchev–Trinajstić information content (AvgIpc) is 2.60. The number of hydrogen-bond donors (Lipinski definition) is 1. The van der Waals surface area contributed by atoms with Crippen LogP contribution >= 0.6 is 22.9 Å². The fraction of sp³-hybridized carbons (Fsp3) is 0.667. The highest BCUT2D eigenvalue weighted by molar-refractivity contribution is 7.91. The summed E-state index contributed by atoms with van der Waals surface area (Å²) in [7, 11) is -3.41. The second kappa shape index (κ2) is 5.90. The zero-order valence-electron chi connectivity index (χ0n) is 11.2. The lowest BCUT2D eigenvalue weighted by molar-refractivity contribution is 0.369. The molecule has 0 fully saturated rings. The van der Waals surface area contributed by atoms with E-state index in [1.807, 2.05) is 6.92 Å². The maximum Gasteiger partial charge on any atom is 0.250 e. The third kappa shape index (κ3) is 5.26. The van der Waals surface area contributed by atoms with E-state index in [9.17, 15) is 8.42 Å². The molecule has 1 unspecified atom stereocenters. The SMILES string of the molecule is Cc1ccc(S(=O)(=O)NCC(Cl)CC(C)(C)C)s1. The van der Waals surface area contributed by atoms with Crippen molar-refractivity contribution in [2.24, 2.45) is 5.41 Å². The van der Waals surface area contributed by atoms with Crippen molar-refractivity contribution in [2.45, 2.75) is 43.7 Å². The zero-order chi connectivity index (χ0) is 14.0. The van der Waals surface area contributed by atoms with Gasteiger partial charge in [0.05, 0.1) is 0 Å². The van der Waals surface area contributed by atoms with Crippen molar-refractivity contribution in [3.63, 3.8) is 0 Å². The molecule has 3 nitrogen and oxygen atoms in total. The first-order valence-corrected chi connectivity index (χ1v) is 8.54. The number of halogens is 1. The van der Waals surface area contributed by atoms with Gasteiger partial charge < -0.3 is 0 Å². The Bertz CT molecular complexity index is 488. The maximum absolute atomic E-state index is 12.0. The van der Waals surface area contributed by atoms with Crippen LogP contribution < -0.4 is 4.72 Å². The number of aryl methyl sites for hydroxylation is 1. The molecule has 0 radical (unpaired) electrons. The minimum absolute atomic E-state index is 0.0946. The van der Waals surface area contributed by atoms with Gasteiger partial charge in [0.1, 0.15) is 4.21 Å². The summed E-state index contributed by atoms with van der Waals surface area (Å²) in [4.78, 5) is 0.979. The minimum Gasteiger partial charge on any atom is -0.209 e. The van der Waals surface area contributed by atoms with Crippen LogP contribution in [0.1, 0.15) is 32.1 Å². The lowest BCUT2D eigenvalue weighted by atomic mass is 9.90. The topological polar surface area (TPSA) is 46.2 Å². The fourth-order valence-corrected chi connectivity index (χ4v) is 4.61. The van der Waals surface area contributed by atoms with Crippen LogP contribution in [0.4, 0.5) is 0 Å². The van der Waals surface area contributed by atoms with E-state index >= 15 is 0 Å². The molecule has 0 bridgehead atoms. The average molecular weight is 310 g/mol. The Morgan fingerprint density at radius 1 is 1.39 bits per heavy atom. The number of thiophene rings is 1. The first-order chi connectivity index (χ1) is 8.10. The summed E-state index contributed by atoms with van der Waals surface area (Å²) in [5, 5.41) is -0.194. The Hall–Kier alpha value is -0.100. The van der Waals surface area contributed by atoms with Gasteiger partial charge in [-0.05, 0) is 30.9 Å². The van der Waals surface area contributed by atoms with Crippen molar-refractivity contribution in [1.29, 1.82) is 0 Å². The van der Waals surface area contributed by atoms with Gasteiger partial charge in [-0.1, -0.05) is 20.8 Å². The number of hydrogen-bond acceptors (Lipinski definition) is 3. The summed E-state index contributed by atoms with van der Waals surface area (Å²) in [6.45, 7) is 8.39. The summed E-state index contributed by atoms with van der Waals surface area (Å²) in [5.41, 5.74) is 0.0946. The van der Waals surface area contributed by atoms with Crippen molar-refractivity contribution >= 4 is 33.0 Å². The molecule has 0 aliphatic carbocycles. The monoisotopic (exact) mass is 309 g/mol. The molecule has 0 amide bonds. The molecule has 1 atom stereocenters. The second-order valence-electron chi connectivity index (χ2n) is 5.58. The molecule has 104 valence electrons. The van der Waals surface area contributed by atoms with Gasteiger partial charge in [-0.2, -0.15) is 0 Å². The molecule has 1 heterocycles. The summed E-state index contributed by atoms with van der Waals surface area (Å²) in [6.07, 6.45) is 0.764. The molecule has 1 rings (SSSR count). The standard InChI is InChI=1S/C12H20ClNO2S2/c1-9-5-6-11(17-9)18(15,16)14-8-10(13)7-12(2,3)4/h5-6,10,14H,7-8H2,1-4H3. The van der Waals surface area contributed by atoms with Crippen molar-refractivity contribution in [3.8, 4) is 0 Å². The highest BCUT2D eigenvalue weighted by Gasteiger charge is 2.21. The van der Waals surface area contributed by atoms with Gasteiger partial charge >= 0.3 is 0 Å². The summed E-state index contributed by atoms with van der Waals surface area (Å²) in [6, 6.07) is 3.42. The van der Waals surface area contributed by atoms with E-state index in [1.54, 1.807) is 12.1 Å². The number of sulfonamides is 1. The van der Waals surface area contributed by atoms with Crippen molar-refractivity contribution in [1.82, 2.24) is 4.72 Å². The van der Waals surface area contributed by atoms with E-state index in [2.05, 4.69) is 25.5 Å². The second-order valence-corrected chi connectivity index (χ2v) is 9.48. The largest absolute Gasteiger partial charge is 0.250 e. The maximum atomic E-state index is 12.0. The van der Waals surface area contributed by atoms with Gasteiger partial charge in [-0.25, -0.2) is 13.1 Å². The van der Waals surface area contributed by atoms with E-state index in [0.717, 1.165) is 11.3 Å². The molecule has 18 heavy (non-hydrogen) atoms. The lowest BCUT2D eigenvalue weighted by Crippen LogP contribution is -2.31. The van der Waals surface area contributed by atoms with Crippen molar-refractivity contribution in [2.75, 3.05) is 6.54 Å². The van der Waals surface area contributed by atoms with E-state index in [0.29, 0.717) is 4.21 Å². The van der Waals surface area contributed by atoms with Gasteiger partial charge in [0.25, 0.3) is 0 Å². The Labute approximate surface area is 119 Å². The first-order valence-electron chi connectivity index (χ1n) is 5.80. The predicted molar refractivity (Wildman–Crippen MR) is 78.0 cm³/mol. The number of alkyl halides is 1.